The molecule has 0 radical (unpaired) electrons. The van der Waals surface area contributed by atoms with Gasteiger partial charge in [0.1, 0.15) is 0 Å². The van der Waals surface area contributed by atoms with Crippen molar-refractivity contribution < 1.29 is 4.74 Å². The van der Waals surface area contributed by atoms with Crippen molar-refractivity contribution in [2.75, 3.05) is 19.0 Å². The highest BCUT2D eigenvalue weighted by Gasteiger charge is 2.08. The zero-order chi connectivity index (χ0) is 12.1. The van der Waals surface area contributed by atoms with Gasteiger partial charge < -0.3 is 14.6 Å². The van der Waals surface area contributed by atoms with E-state index in [4.69, 9.17) is 4.74 Å². The van der Waals surface area contributed by atoms with E-state index >= 15 is 0 Å². The Morgan fingerprint density at radius 2 is 2.12 bits per heavy atom. The van der Waals surface area contributed by atoms with E-state index in [2.05, 4.69) is 34.9 Å². The summed E-state index contributed by atoms with van der Waals surface area (Å²) in [6.45, 7) is 10.2. The number of aromatic nitrogens is 2. The molecule has 0 aromatic carbocycles. The first-order valence-electron chi connectivity index (χ1n) is 5.83. The fourth-order valence-corrected chi connectivity index (χ4v) is 1.54. The molecule has 0 aliphatic heterocycles. The molecule has 92 valence electrons. The van der Waals surface area contributed by atoms with Crippen molar-refractivity contribution in [3.63, 3.8) is 0 Å². The summed E-state index contributed by atoms with van der Waals surface area (Å²) in [6, 6.07) is 0. The maximum absolute atomic E-state index is 5.20. The van der Waals surface area contributed by atoms with Crippen molar-refractivity contribution in [1.29, 1.82) is 0 Å². The Morgan fingerprint density at radius 1 is 1.44 bits per heavy atom. The monoisotopic (exact) mass is 225 g/mol. The number of imidazole rings is 1. The second kappa shape index (κ2) is 5.89. The molecule has 0 saturated heterocycles. The molecule has 0 spiro atoms. The maximum Gasteiger partial charge on any atom is 0.203 e. The lowest BCUT2D eigenvalue weighted by Gasteiger charge is -2.14. The van der Waals surface area contributed by atoms with Crippen LogP contribution in [-0.2, 0) is 11.3 Å². The molecule has 1 unspecified atom stereocenters. The summed E-state index contributed by atoms with van der Waals surface area (Å²) in [5.41, 5.74) is 1.05. The van der Waals surface area contributed by atoms with Gasteiger partial charge in [0.2, 0.25) is 5.95 Å². The van der Waals surface area contributed by atoms with E-state index in [-0.39, 0.29) is 6.10 Å². The molecule has 1 aromatic rings. The van der Waals surface area contributed by atoms with E-state index in [1.165, 1.54) is 0 Å². The summed E-state index contributed by atoms with van der Waals surface area (Å²) >= 11 is 0. The minimum Gasteiger partial charge on any atom is -0.380 e. The molecule has 1 heterocycles. The van der Waals surface area contributed by atoms with Crippen LogP contribution in [0, 0.1) is 12.8 Å². The second-order valence-corrected chi connectivity index (χ2v) is 4.68. The summed E-state index contributed by atoms with van der Waals surface area (Å²) < 4.78 is 7.37. The van der Waals surface area contributed by atoms with Gasteiger partial charge in [-0.1, -0.05) is 13.8 Å². The topological polar surface area (TPSA) is 39.1 Å². The van der Waals surface area contributed by atoms with Crippen LogP contribution in [-0.4, -0.2) is 29.3 Å². The van der Waals surface area contributed by atoms with Gasteiger partial charge in [0.05, 0.1) is 11.8 Å². The summed E-state index contributed by atoms with van der Waals surface area (Å²) in [6.07, 6.45) is 2.28. The van der Waals surface area contributed by atoms with Gasteiger partial charge in [-0.15, -0.1) is 0 Å². The van der Waals surface area contributed by atoms with Gasteiger partial charge in [-0.3, -0.25) is 0 Å². The predicted molar refractivity (Wildman–Crippen MR) is 66.8 cm³/mol. The lowest BCUT2D eigenvalue weighted by atomic mass is 10.2. The van der Waals surface area contributed by atoms with Gasteiger partial charge in [0, 0.05) is 26.4 Å². The third kappa shape index (κ3) is 3.85. The highest BCUT2D eigenvalue weighted by molar-refractivity contribution is 5.28. The van der Waals surface area contributed by atoms with Crippen LogP contribution in [0.4, 0.5) is 5.95 Å². The number of anilines is 1. The Bertz CT molecular complexity index is 320. The summed E-state index contributed by atoms with van der Waals surface area (Å²) in [4.78, 5) is 4.47. The number of rotatable bonds is 6. The standard InChI is InChI=1S/C12H23N3O/c1-9(2)7-15-8-10(3)14-12(15)13-6-11(4)16-5/h8-9,11H,6-7H2,1-5H3,(H,13,14). The van der Waals surface area contributed by atoms with E-state index in [1.807, 2.05) is 13.8 Å². The largest absolute Gasteiger partial charge is 0.380 e. The Hall–Kier alpha value is -1.03. The predicted octanol–water partition coefficient (Wildman–Crippen LogP) is 2.29. The smallest absolute Gasteiger partial charge is 0.203 e. The Morgan fingerprint density at radius 3 is 2.69 bits per heavy atom. The molecule has 1 N–H and O–H groups in total. The molecule has 0 fully saturated rings. The van der Waals surface area contributed by atoms with E-state index in [0.717, 1.165) is 24.7 Å². The average molecular weight is 225 g/mol. The summed E-state index contributed by atoms with van der Waals surface area (Å²) in [7, 11) is 1.72. The van der Waals surface area contributed by atoms with Crippen LogP contribution in [0.5, 0.6) is 0 Å². The van der Waals surface area contributed by atoms with Gasteiger partial charge in [-0.05, 0) is 19.8 Å². The number of hydrogen-bond acceptors (Lipinski definition) is 3. The molecule has 4 nitrogen and oxygen atoms in total. The fourth-order valence-electron chi connectivity index (χ4n) is 1.54. The highest BCUT2D eigenvalue weighted by Crippen LogP contribution is 2.11. The normalized spacial score (nSPS) is 13.1. The van der Waals surface area contributed by atoms with Crippen LogP contribution < -0.4 is 5.32 Å². The van der Waals surface area contributed by atoms with Crippen LogP contribution in [0.3, 0.4) is 0 Å². The summed E-state index contributed by atoms with van der Waals surface area (Å²) in [5.74, 6) is 1.56. The lowest BCUT2D eigenvalue weighted by molar-refractivity contribution is 0.128. The van der Waals surface area contributed by atoms with Crippen molar-refractivity contribution >= 4 is 5.95 Å². The quantitative estimate of drug-likeness (QED) is 0.807. The van der Waals surface area contributed by atoms with Gasteiger partial charge in [-0.25, -0.2) is 4.98 Å². The zero-order valence-corrected chi connectivity index (χ0v) is 10.9. The minimum atomic E-state index is 0.199. The van der Waals surface area contributed by atoms with Gasteiger partial charge in [0.25, 0.3) is 0 Å². The van der Waals surface area contributed by atoms with Gasteiger partial charge in [0.15, 0.2) is 0 Å². The van der Waals surface area contributed by atoms with Crippen LogP contribution in [0.25, 0.3) is 0 Å². The van der Waals surface area contributed by atoms with Crippen molar-refractivity contribution in [1.82, 2.24) is 9.55 Å². The first-order chi connectivity index (χ1) is 7.52. The Balaban J connectivity index is 2.63. The van der Waals surface area contributed by atoms with Crippen molar-refractivity contribution in [3.8, 4) is 0 Å². The SMILES string of the molecule is COC(C)CNc1nc(C)cn1CC(C)C. The second-order valence-electron chi connectivity index (χ2n) is 4.68. The number of aryl methyl sites for hydroxylation is 1. The number of nitrogens with zero attached hydrogens (tertiary/aromatic N) is 2. The molecular formula is C12H23N3O. The molecule has 0 bridgehead atoms. The lowest BCUT2D eigenvalue weighted by Crippen LogP contribution is -2.20. The van der Waals surface area contributed by atoms with E-state index < -0.39 is 0 Å². The molecule has 0 aliphatic carbocycles. The van der Waals surface area contributed by atoms with Crippen LogP contribution in [0.15, 0.2) is 6.20 Å². The Kier molecular flexibility index (Phi) is 4.80. The highest BCUT2D eigenvalue weighted by atomic mass is 16.5. The molecular weight excluding hydrogens is 202 g/mol. The number of ether oxygens (including phenoxy) is 1. The Labute approximate surface area is 98.0 Å². The van der Waals surface area contributed by atoms with Crippen LogP contribution >= 0.6 is 0 Å². The van der Waals surface area contributed by atoms with Gasteiger partial charge >= 0.3 is 0 Å². The van der Waals surface area contributed by atoms with E-state index in [1.54, 1.807) is 7.11 Å². The molecule has 1 aromatic heterocycles. The zero-order valence-electron chi connectivity index (χ0n) is 10.9. The van der Waals surface area contributed by atoms with E-state index in [9.17, 15) is 0 Å². The molecule has 0 aliphatic rings. The summed E-state index contributed by atoms with van der Waals surface area (Å²) in [5, 5.41) is 3.32. The minimum absolute atomic E-state index is 0.199. The van der Waals surface area contributed by atoms with Crippen molar-refractivity contribution in [2.24, 2.45) is 5.92 Å². The molecule has 1 rings (SSSR count). The first kappa shape index (κ1) is 13.0. The third-order valence-corrected chi connectivity index (χ3v) is 2.41. The van der Waals surface area contributed by atoms with Crippen molar-refractivity contribution in [3.05, 3.63) is 11.9 Å². The molecule has 0 amide bonds. The van der Waals surface area contributed by atoms with E-state index in [0.29, 0.717) is 5.92 Å². The first-order valence-corrected chi connectivity index (χ1v) is 5.83. The average Bonchev–Trinajstić information content (AvgIpc) is 2.54. The molecule has 0 saturated carbocycles. The molecule has 1 atom stereocenters. The fraction of sp³-hybridized carbons (Fsp3) is 0.750. The molecule has 4 heteroatoms. The van der Waals surface area contributed by atoms with Crippen molar-refractivity contribution in [2.45, 2.75) is 40.3 Å². The number of nitrogens with one attached hydrogen (secondary N) is 1. The van der Waals surface area contributed by atoms with Crippen LogP contribution in [0.1, 0.15) is 26.5 Å². The number of hydrogen-bond donors (Lipinski definition) is 1. The van der Waals surface area contributed by atoms with Gasteiger partial charge in [-0.2, -0.15) is 0 Å². The van der Waals surface area contributed by atoms with Crippen LogP contribution in [0.2, 0.25) is 0 Å². The maximum atomic E-state index is 5.20. The third-order valence-electron chi connectivity index (χ3n) is 2.41. The molecule has 16 heavy (non-hydrogen) atoms. The number of methoxy groups -OCH3 is 1.